The fourth-order valence-electron chi connectivity index (χ4n) is 1.00. The molecule has 0 heterocycles. The molecule has 6 heteroatoms. The zero-order chi connectivity index (χ0) is 11.0. The highest BCUT2D eigenvalue weighted by Crippen LogP contribution is 2.26. The van der Waals surface area contributed by atoms with Gasteiger partial charge in [0.05, 0.1) is 5.69 Å². The summed E-state index contributed by atoms with van der Waals surface area (Å²) in [6, 6.07) is 0. The van der Waals surface area contributed by atoms with Gasteiger partial charge in [-0.15, -0.1) is 0 Å². The molecule has 1 rings (SSSR count). The summed E-state index contributed by atoms with van der Waals surface area (Å²) >= 11 is 0. The van der Waals surface area contributed by atoms with Gasteiger partial charge in [0, 0.05) is 5.56 Å². The Labute approximate surface area is 77.0 Å². The summed E-state index contributed by atoms with van der Waals surface area (Å²) in [6.07, 6.45) is 0. The molecule has 0 atom stereocenters. The first-order chi connectivity index (χ1) is 6.37. The maximum atomic E-state index is 12.9. The van der Waals surface area contributed by atoms with Crippen LogP contribution < -0.4 is 5.73 Å². The minimum Gasteiger partial charge on any atom is -0.478 e. The van der Waals surface area contributed by atoms with Gasteiger partial charge in [-0.05, 0) is 6.92 Å². The van der Waals surface area contributed by atoms with Crippen LogP contribution in [0.4, 0.5) is 18.9 Å². The van der Waals surface area contributed by atoms with Crippen LogP contribution in [0.15, 0.2) is 0 Å². The van der Waals surface area contributed by atoms with Crippen LogP contribution in [0, 0.1) is 24.4 Å². The van der Waals surface area contributed by atoms with E-state index in [1.54, 1.807) is 0 Å². The summed E-state index contributed by atoms with van der Waals surface area (Å²) in [4.78, 5) is 10.4. The van der Waals surface area contributed by atoms with E-state index in [-0.39, 0.29) is 0 Å². The number of carbonyl (C=O) groups is 1. The lowest BCUT2D eigenvalue weighted by atomic mass is 10.1. The molecule has 0 aliphatic heterocycles. The van der Waals surface area contributed by atoms with Gasteiger partial charge in [-0.25, -0.2) is 18.0 Å². The molecule has 14 heavy (non-hydrogen) atoms. The molecule has 0 amide bonds. The molecule has 0 aliphatic rings. The summed E-state index contributed by atoms with van der Waals surface area (Å²) in [5.41, 5.74) is 3.07. The number of hydrogen-bond acceptors (Lipinski definition) is 2. The minimum absolute atomic E-state index is 0.415. The minimum atomic E-state index is -1.82. The molecular weight excluding hydrogens is 199 g/mol. The number of nitrogens with two attached hydrogens (primary N) is 1. The zero-order valence-electron chi connectivity index (χ0n) is 7.07. The first kappa shape index (κ1) is 10.4. The van der Waals surface area contributed by atoms with Crippen molar-refractivity contribution in [1.82, 2.24) is 0 Å². The number of carboxylic acid groups (broad SMARTS) is 1. The molecule has 0 spiro atoms. The van der Waals surface area contributed by atoms with Crippen molar-refractivity contribution in [2.24, 2.45) is 0 Å². The molecule has 0 aromatic heterocycles. The van der Waals surface area contributed by atoms with Crippen LogP contribution >= 0.6 is 0 Å². The van der Waals surface area contributed by atoms with Crippen LogP contribution in [0.3, 0.4) is 0 Å². The molecule has 0 aliphatic carbocycles. The zero-order valence-corrected chi connectivity index (χ0v) is 7.07. The van der Waals surface area contributed by atoms with Gasteiger partial charge in [0.1, 0.15) is 5.56 Å². The molecule has 1 aromatic rings. The lowest BCUT2D eigenvalue weighted by Crippen LogP contribution is -2.11. The third-order valence-electron chi connectivity index (χ3n) is 1.82. The van der Waals surface area contributed by atoms with E-state index in [1.165, 1.54) is 0 Å². The Morgan fingerprint density at radius 3 is 2.14 bits per heavy atom. The average molecular weight is 205 g/mol. The molecule has 0 saturated carbocycles. The molecule has 0 bridgehead atoms. The predicted molar refractivity (Wildman–Crippen MR) is 42.4 cm³/mol. The Kier molecular flexibility index (Phi) is 2.37. The molecule has 76 valence electrons. The molecule has 1 aromatic carbocycles. The molecule has 0 fully saturated rings. The Bertz CT molecular complexity index is 389. The highest BCUT2D eigenvalue weighted by Gasteiger charge is 2.25. The number of aromatic carboxylic acids is 1. The summed E-state index contributed by atoms with van der Waals surface area (Å²) < 4.78 is 38.4. The Morgan fingerprint density at radius 1 is 1.21 bits per heavy atom. The van der Waals surface area contributed by atoms with Crippen LogP contribution in [0.25, 0.3) is 0 Å². The van der Waals surface area contributed by atoms with Crippen molar-refractivity contribution in [3.8, 4) is 0 Å². The molecule has 0 radical (unpaired) electrons. The quantitative estimate of drug-likeness (QED) is 0.541. The van der Waals surface area contributed by atoms with E-state index in [0.29, 0.717) is 0 Å². The highest BCUT2D eigenvalue weighted by atomic mass is 19.2. The average Bonchev–Trinajstić information content (AvgIpc) is 2.11. The van der Waals surface area contributed by atoms with Crippen molar-refractivity contribution < 1.29 is 23.1 Å². The van der Waals surface area contributed by atoms with Gasteiger partial charge in [0.15, 0.2) is 17.5 Å². The second-order valence-electron chi connectivity index (χ2n) is 2.66. The van der Waals surface area contributed by atoms with Gasteiger partial charge in [0.2, 0.25) is 0 Å². The fourth-order valence-corrected chi connectivity index (χ4v) is 1.00. The van der Waals surface area contributed by atoms with Crippen molar-refractivity contribution >= 4 is 11.7 Å². The monoisotopic (exact) mass is 205 g/mol. The predicted octanol–water partition coefficient (Wildman–Crippen LogP) is 1.69. The number of nitrogen functional groups attached to an aromatic ring is 1. The smallest absolute Gasteiger partial charge is 0.340 e. The third kappa shape index (κ3) is 1.28. The van der Waals surface area contributed by atoms with Gasteiger partial charge >= 0.3 is 5.97 Å². The van der Waals surface area contributed by atoms with Gasteiger partial charge in [-0.1, -0.05) is 0 Å². The lowest BCUT2D eigenvalue weighted by molar-refractivity contribution is 0.0691. The molecule has 0 saturated heterocycles. The number of halogens is 3. The van der Waals surface area contributed by atoms with E-state index in [4.69, 9.17) is 10.8 Å². The number of rotatable bonds is 1. The molecule has 3 nitrogen and oxygen atoms in total. The number of anilines is 1. The van der Waals surface area contributed by atoms with Gasteiger partial charge < -0.3 is 10.8 Å². The summed E-state index contributed by atoms with van der Waals surface area (Å²) in [5, 5.41) is 8.48. The third-order valence-corrected chi connectivity index (χ3v) is 1.82. The maximum absolute atomic E-state index is 12.9. The van der Waals surface area contributed by atoms with E-state index in [0.717, 1.165) is 6.92 Å². The van der Waals surface area contributed by atoms with E-state index in [1.807, 2.05) is 0 Å². The van der Waals surface area contributed by atoms with E-state index in [9.17, 15) is 18.0 Å². The van der Waals surface area contributed by atoms with E-state index in [2.05, 4.69) is 0 Å². The molecule has 3 N–H and O–H groups in total. The molecule has 0 unspecified atom stereocenters. The van der Waals surface area contributed by atoms with Crippen molar-refractivity contribution in [3.05, 3.63) is 28.6 Å². The van der Waals surface area contributed by atoms with E-state index >= 15 is 0 Å². The Balaban J connectivity index is 3.68. The number of benzene rings is 1. The maximum Gasteiger partial charge on any atom is 0.340 e. The van der Waals surface area contributed by atoms with Gasteiger partial charge in [0.25, 0.3) is 0 Å². The summed E-state index contributed by atoms with van der Waals surface area (Å²) in [5.74, 6) is -6.81. The summed E-state index contributed by atoms with van der Waals surface area (Å²) in [7, 11) is 0. The van der Waals surface area contributed by atoms with Crippen LogP contribution in [0.1, 0.15) is 15.9 Å². The van der Waals surface area contributed by atoms with Crippen LogP contribution in [-0.2, 0) is 0 Å². The first-order valence-electron chi connectivity index (χ1n) is 3.53. The number of carboxylic acids is 1. The van der Waals surface area contributed by atoms with Gasteiger partial charge in [-0.2, -0.15) is 0 Å². The number of hydrogen-bond donors (Lipinski definition) is 2. The fraction of sp³-hybridized carbons (Fsp3) is 0.125. The van der Waals surface area contributed by atoms with Crippen molar-refractivity contribution in [2.75, 3.05) is 5.73 Å². The van der Waals surface area contributed by atoms with Crippen molar-refractivity contribution in [3.63, 3.8) is 0 Å². The van der Waals surface area contributed by atoms with Crippen molar-refractivity contribution in [1.29, 1.82) is 0 Å². The topological polar surface area (TPSA) is 63.3 Å². The molecular formula is C8H6F3NO2. The Hall–Kier alpha value is -1.72. The van der Waals surface area contributed by atoms with E-state index < -0.39 is 40.2 Å². The summed E-state index contributed by atoms with van der Waals surface area (Å²) in [6.45, 7) is 1.07. The largest absolute Gasteiger partial charge is 0.478 e. The van der Waals surface area contributed by atoms with Crippen molar-refractivity contribution in [2.45, 2.75) is 6.92 Å². The highest BCUT2D eigenvalue weighted by molar-refractivity contribution is 5.94. The normalized spacial score (nSPS) is 10.3. The van der Waals surface area contributed by atoms with Crippen LogP contribution in [-0.4, -0.2) is 11.1 Å². The first-order valence-corrected chi connectivity index (χ1v) is 3.53. The second kappa shape index (κ2) is 3.21. The SMILES string of the molecule is Cc1c(N)c(C(=O)O)c(F)c(F)c1F. The van der Waals surface area contributed by atoms with Gasteiger partial charge in [-0.3, -0.25) is 0 Å². The standard InChI is InChI=1S/C8H6F3NO2/c1-2-4(9)6(11)5(10)3(7(2)12)8(13)14/h12H2,1H3,(H,13,14). The second-order valence-corrected chi connectivity index (χ2v) is 2.66. The van der Waals surface area contributed by atoms with Crippen LogP contribution in [0.5, 0.6) is 0 Å². The Morgan fingerprint density at radius 2 is 1.71 bits per heavy atom. The lowest BCUT2D eigenvalue weighted by Gasteiger charge is -2.08. The van der Waals surface area contributed by atoms with Crippen LogP contribution in [0.2, 0.25) is 0 Å².